The molecule has 0 saturated heterocycles. The molecule has 1 N–H and O–H groups in total. The monoisotopic (exact) mass is 173 g/mol. The van der Waals surface area contributed by atoms with Crippen molar-refractivity contribution in [1.82, 2.24) is 0 Å². The number of benzene rings is 1. The smallest absolute Gasteiger partial charge is 0.115 e. The van der Waals surface area contributed by atoms with Crippen LogP contribution in [0.1, 0.15) is 17.9 Å². The van der Waals surface area contributed by atoms with E-state index in [1.165, 1.54) is 0 Å². The maximum absolute atomic E-state index is 9.04. The summed E-state index contributed by atoms with van der Waals surface area (Å²) in [5, 5.41) is 17.9. The van der Waals surface area contributed by atoms with Crippen LogP contribution in [0.4, 0.5) is 0 Å². The summed E-state index contributed by atoms with van der Waals surface area (Å²) >= 11 is 0. The predicted molar refractivity (Wildman–Crippen MR) is 51.3 cm³/mol. The molecule has 1 atom stereocenters. The van der Waals surface area contributed by atoms with E-state index in [0.29, 0.717) is 6.42 Å². The number of phenols is 1. The first-order chi connectivity index (χ1) is 6.27. The molecule has 1 aromatic carbocycles. The molecule has 0 amide bonds. The second-order valence-corrected chi connectivity index (χ2v) is 2.80. The van der Waals surface area contributed by atoms with Gasteiger partial charge < -0.3 is 5.11 Å². The van der Waals surface area contributed by atoms with Gasteiger partial charge in [-0.1, -0.05) is 18.2 Å². The van der Waals surface area contributed by atoms with Crippen molar-refractivity contribution in [2.24, 2.45) is 0 Å². The molecule has 1 unspecified atom stereocenters. The Balaban J connectivity index is 2.87. The highest BCUT2D eigenvalue weighted by Gasteiger charge is 2.07. The predicted octanol–water partition coefficient (Wildman–Crippen LogP) is 2.58. The van der Waals surface area contributed by atoms with Crippen LogP contribution in [-0.2, 0) is 0 Å². The van der Waals surface area contributed by atoms with Gasteiger partial charge >= 0.3 is 0 Å². The first-order valence-electron chi connectivity index (χ1n) is 4.07. The van der Waals surface area contributed by atoms with Crippen LogP contribution < -0.4 is 0 Å². The van der Waals surface area contributed by atoms with Crippen LogP contribution in [0.25, 0.3) is 0 Å². The lowest BCUT2D eigenvalue weighted by atomic mass is 9.97. The van der Waals surface area contributed by atoms with E-state index < -0.39 is 0 Å². The molecule has 0 aliphatic heterocycles. The summed E-state index contributed by atoms with van der Waals surface area (Å²) in [7, 11) is 0. The van der Waals surface area contributed by atoms with Crippen LogP contribution in [0.3, 0.4) is 0 Å². The van der Waals surface area contributed by atoms with E-state index in [-0.39, 0.29) is 11.7 Å². The third kappa shape index (κ3) is 2.34. The van der Waals surface area contributed by atoms with Gasteiger partial charge in [0.05, 0.1) is 12.0 Å². The van der Waals surface area contributed by atoms with E-state index in [0.717, 1.165) is 5.56 Å². The van der Waals surface area contributed by atoms with Crippen molar-refractivity contribution in [2.75, 3.05) is 0 Å². The number of hydrogen-bond acceptors (Lipinski definition) is 2. The fourth-order valence-corrected chi connectivity index (χ4v) is 1.14. The SMILES string of the molecule is C=CCC(C#N)c1ccc(O)cc1. The van der Waals surface area contributed by atoms with Crippen LogP contribution >= 0.6 is 0 Å². The quantitative estimate of drug-likeness (QED) is 0.714. The summed E-state index contributed by atoms with van der Waals surface area (Å²) in [6.07, 6.45) is 2.36. The first-order valence-corrected chi connectivity index (χ1v) is 4.07. The van der Waals surface area contributed by atoms with Crippen LogP contribution in [0, 0.1) is 11.3 Å². The molecule has 0 spiro atoms. The molecule has 0 fully saturated rings. The maximum atomic E-state index is 9.04. The number of aromatic hydroxyl groups is 1. The molecule has 0 saturated carbocycles. The molecule has 0 bridgehead atoms. The van der Waals surface area contributed by atoms with Crippen LogP contribution in [0.5, 0.6) is 5.75 Å². The van der Waals surface area contributed by atoms with E-state index >= 15 is 0 Å². The minimum absolute atomic E-state index is 0.155. The fraction of sp³-hybridized carbons (Fsp3) is 0.182. The molecule has 0 heterocycles. The third-order valence-corrected chi connectivity index (χ3v) is 1.85. The van der Waals surface area contributed by atoms with Crippen molar-refractivity contribution in [3.63, 3.8) is 0 Å². The fourth-order valence-electron chi connectivity index (χ4n) is 1.14. The number of nitrogens with zero attached hydrogens (tertiary/aromatic N) is 1. The van der Waals surface area contributed by atoms with Gasteiger partial charge in [0, 0.05) is 0 Å². The average molecular weight is 173 g/mol. The first kappa shape index (κ1) is 9.34. The molecule has 1 aromatic rings. The second-order valence-electron chi connectivity index (χ2n) is 2.80. The minimum atomic E-state index is -0.155. The van der Waals surface area contributed by atoms with E-state index in [1.54, 1.807) is 30.3 Å². The van der Waals surface area contributed by atoms with Gasteiger partial charge in [0.2, 0.25) is 0 Å². The summed E-state index contributed by atoms with van der Waals surface area (Å²) in [5.74, 6) is 0.0668. The highest BCUT2D eigenvalue weighted by molar-refractivity contribution is 5.31. The molecule has 1 rings (SSSR count). The van der Waals surface area contributed by atoms with E-state index in [2.05, 4.69) is 12.6 Å². The summed E-state index contributed by atoms with van der Waals surface area (Å²) in [6, 6.07) is 8.87. The topological polar surface area (TPSA) is 44.0 Å². The van der Waals surface area contributed by atoms with Gasteiger partial charge in [0.15, 0.2) is 0 Å². The third-order valence-electron chi connectivity index (χ3n) is 1.85. The molecule has 0 aliphatic carbocycles. The van der Waals surface area contributed by atoms with Gasteiger partial charge in [0.1, 0.15) is 5.75 Å². The zero-order chi connectivity index (χ0) is 9.68. The van der Waals surface area contributed by atoms with Gasteiger partial charge in [0.25, 0.3) is 0 Å². The highest BCUT2D eigenvalue weighted by Crippen LogP contribution is 2.21. The minimum Gasteiger partial charge on any atom is -0.508 e. The lowest BCUT2D eigenvalue weighted by Gasteiger charge is -2.05. The molecule has 66 valence electrons. The molecule has 2 nitrogen and oxygen atoms in total. The molecule has 0 aromatic heterocycles. The Morgan fingerprint density at radius 3 is 2.54 bits per heavy atom. The Morgan fingerprint density at radius 2 is 2.08 bits per heavy atom. The summed E-state index contributed by atoms with van der Waals surface area (Å²) in [4.78, 5) is 0. The second kappa shape index (κ2) is 4.32. The Labute approximate surface area is 77.8 Å². The van der Waals surface area contributed by atoms with Gasteiger partial charge in [-0.25, -0.2) is 0 Å². The van der Waals surface area contributed by atoms with Crippen LogP contribution in [0.15, 0.2) is 36.9 Å². The van der Waals surface area contributed by atoms with E-state index in [1.807, 2.05) is 0 Å². The number of hydrogen-bond donors (Lipinski definition) is 1. The molecular weight excluding hydrogens is 162 g/mol. The molecule has 0 radical (unpaired) electrons. The lowest BCUT2D eigenvalue weighted by Crippen LogP contribution is -1.92. The van der Waals surface area contributed by atoms with Crippen molar-refractivity contribution in [3.05, 3.63) is 42.5 Å². The Kier molecular flexibility index (Phi) is 3.10. The number of allylic oxidation sites excluding steroid dienone is 1. The molecule has 13 heavy (non-hydrogen) atoms. The van der Waals surface area contributed by atoms with E-state index in [4.69, 9.17) is 10.4 Å². The summed E-state index contributed by atoms with van der Waals surface area (Å²) < 4.78 is 0. The van der Waals surface area contributed by atoms with E-state index in [9.17, 15) is 0 Å². The summed E-state index contributed by atoms with van der Waals surface area (Å²) in [5.41, 5.74) is 0.917. The maximum Gasteiger partial charge on any atom is 0.115 e. The zero-order valence-corrected chi connectivity index (χ0v) is 7.27. The Bertz CT molecular complexity index is 321. The normalized spacial score (nSPS) is 11.6. The van der Waals surface area contributed by atoms with Gasteiger partial charge in [-0.3, -0.25) is 0 Å². The molecule has 0 aliphatic rings. The van der Waals surface area contributed by atoms with Crippen LogP contribution in [0.2, 0.25) is 0 Å². The number of rotatable bonds is 3. The van der Waals surface area contributed by atoms with Crippen molar-refractivity contribution in [1.29, 1.82) is 5.26 Å². The number of phenolic OH excluding ortho intramolecular Hbond substituents is 1. The van der Waals surface area contributed by atoms with Gasteiger partial charge in [-0.05, 0) is 24.1 Å². The van der Waals surface area contributed by atoms with Crippen molar-refractivity contribution < 1.29 is 5.11 Å². The Morgan fingerprint density at radius 1 is 1.46 bits per heavy atom. The van der Waals surface area contributed by atoms with Crippen LogP contribution in [-0.4, -0.2) is 5.11 Å². The number of nitriles is 1. The average Bonchev–Trinajstić information content (AvgIpc) is 2.16. The van der Waals surface area contributed by atoms with Gasteiger partial charge in [-0.15, -0.1) is 6.58 Å². The van der Waals surface area contributed by atoms with Crippen molar-refractivity contribution in [3.8, 4) is 11.8 Å². The van der Waals surface area contributed by atoms with Crippen molar-refractivity contribution >= 4 is 0 Å². The highest BCUT2D eigenvalue weighted by atomic mass is 16.3. The lowest BCUT2D eigenvalue weighted by molar-refractivity contribution is 0.475. The standard InChI is InChI=1S/C11H11NO/c1-2-3-10(8-12)9-4-6-11(13)7-5-9/h2,4-7,10,13H,1,3H2. The zero-order valence-electron chi connectivity index (χ0n) is 7.27. The Hall–Kier alpha value is -1.75. The molecular formula is C11H11NO. The largest absolute Gasteiger partial charge is 0.508 e. The summed E-state index contributed by atoms with van der Waals surface area (Å²) in [6.45, 7) is 3.59. The molecule has 2 heteroatoms. The van der Waals surface area contributed by atoms with Gasteiger partial charge in [-0.2, -0.15) is 5.26 Å². The van der Waals surface area contributed by atoms with Crippen molar-refractivity contribution in [2.45, 2.75) is 12.3 Å².